The van der Waals surface area contributed by atoms with Crippen molar-refractivity contribution in [1.29, 1.82) is 0 Å². The van der Waals surface area contributed by atoms with Gasteiger partial charge in [0.25, 0.3) is 0 Å². The molecule has 1 saturated heterocycles. The molecule has 2 amide bonds. The van der Waals surface area contributed by atoms with Crippen LogP contribution in [0.4, 0.5) is 10.5 Å². The molecule has 6 nitrogen and oxygen atoms in total. The maximum atomic E-state index is 12.6. The van der Waals surface area contributed by atoms with Crippen LogP contribution in [-0.4, -0.2) is 52.3 Å². The number of β-amino-alcohol motifs (C(OH)–C–C–N with tert-alkyl or cyclic N) is 1. The molecule has 0 spiro atoms. The average molecular weight is 292 g/mol. The Kier molecular flexibility index (Phi) is 4.47. The Labute approximate surface area is 123 Å². The SMILES string of the molecule is CC1(O)CCCN(C(=O)N(CC(=O)O)c2ccccc2)C1. The highest BCUT2D eigenvalue weighted by Crippen LogP contribution is 2.23. The summed E-state index contributed by atoms with van der Waals surface area (Å²) in [5.74, 6) is -1.07. The zero-order valence-corrected chi connectivity index (χ0v) is 12.0. The van der Waals surface area contributed by atoms with E-state index in [4.69, 9.17) is 5.11 Å². The number of piperidine rings is 1. The molecule has 2 rings (SSSR count). The molecule has 6 heteroatoms. The summed E-state index contributed by atoms with van der Waals surface area (Å²) in [6.07, 6.45) is 1.34. The van der Waals surface area contributed by atoms with Crippen molar-refractivity contribution in [3.63, 3.8) is 0 Å². The highest BCUT2D eigenvalue weighted by atomic mass is 16.4. The fourth-order valence-electron chi connectivity index (χ4n) is 2.57. The minimum atomic E-state index is -1.07. The third-order valence-corrected chi connectivity index (χ3v) is 3.54. The fraction of sp³-hybridized carbons (Fsp3) is 0.467. The summed E-state index contributed by atoms with van der Waals surface area (Å²) in [7, 11) is 0. The number of para-hydroxylation sites is 1. The van der Waals surface area contributed by atoms with Crippen LogP contribution in [0.1, 0.15) is 19.8 Å². The second-order valence-electron chi connectivity index (χ2n) is 5.62. The summed E-state index contributed by atoms with van der Waals surface area (Å²) in [5.41, 5.74) is -0.380. The number of urea groups is 1. The smallest absolute Gasteiger partial charge is 0.325 e. The van der Waals surface area contributed by atoms with Gasteiger partial charge in [-0.05, 0) is 31.9 Å². The molecule has 0 aromatic heterocycles. The zero-order chi connectivity index (χ0) is 15.5. The van der Waals surface area contributed by atoms with Gasteiger partial charge in [-0.2, -0.15) is 0 Å². The monoisotopic (exact) mass is 292 g/mol. The van der Waals surface area contributed by atoms with E-state index in [1.165, 1.54) is 9.80 Å². The summed E-state index contributed by atoms with van der Waals surface area (Å²) in [5, 5.41) is 19.1. The second kappa shape index (κ2) is 6.13. The lowest BCUT2D eigenvalue weighted by Crippen LogP contribution is -2.53. The first-order chi connectivity index (χ1) is 9.89. The summed E-state index contributed by atoms with van der Waals surface area (Å²) < 4.78 is 0. The molecule has 0 aliphatic carbocycles. The predicted octanol–water partition coefficient (Wildman–Crippen LogP) is 1.54. The molecule has 0 bridgehead atoms. The van der Waals surface area contributed by atoms with Gasteiger partial charge < -0.3 is 15.1 Å². The lowest BCUT2D eigenvalue weighted by Gasteiger charge is -2.39. The van der Waals surface area contributed by atoms with Crippen LogP contribution < -0.4 is 4.90 Å². The first-order valence-corrected chi connectivity index (χ1v) is 6.95. The Bertz CT molecular complexity index is 516. The summed E-state index contributed by atoms with van der Waals surface area (Å²) in [4.78, 5) is 26.4. The number of amides is 2. The highest BCUT2D eigenvalue weighted by Gasteiger charge is 2.33. The molecule has 1 unspecified atom stereocenters. The van der Waals surface area contributed by atoms with E-state index in [-0.39, 0.29) is 12.6 Å². The van der Waals surface area contributed by atoms with Crippen LogP contribution in [0.2, 0.25) is 0 Å². The maximum Gasteiger partial charge on any atom is 0.325 e. The van der Waals surface area contributed by atoms with Crippen molar-refractivity contribution in [1.82, 2.24) is 4.90 Å². The molecule has 0 radical (unpaired) electrons. The fourth-order valence-corrected chi connectivity index (χ4v) is 2.57. The standard InChI is InChI=1S/C15H20N2O4/c1-15(21)8-5-9-16(11-15)14(20)17(10-13(18)19)12-6-3-2-4-7-12/h2-4,6-7,21H,5,8-11H2,1H3,(H,18,19). The minimum absolute atomic E-state index is 0.217. The van der Waals surface area contributed by atoms with Crippen molar-refractivity contribution >= 4 is 17.7 Å². The topological polar surface area (TPSA) is 81.1 Å². The molecule has 1 aliphatic rings. The van der Waals surface area contributed by atoms with Gasteiger partial charge in [0, 0.05) is 12.2 Å². The van der Waals surface area contributed by atoms with Crippen molar-refractivity contribution in [3.8, 4) is 0 Å². The largest absolute Gasteiger partial charge is 0.480 e. The molecule has 2 N–H and O–H groups in total. The van der Waals surface area contributed by atoms with Crippen LogP contribution in [0.25, 0.3) is 0 Å². The van der Waals surface area contributed by atoms with Gasteiger partial charge in [-0.25, -0.2) is 4.79 Å². The van der Waals surface area contributed by atoms with Crippen molar-refractivity contribution in [2.45, 2.75) is 25.4 Å². The first kappa shape index (κ1) is 15.3. The number of hydrogen-bond acceptors (Lipinski definition) is 3. The van der Waals surface area contributed by atoms with Gasteiger partial charge >= 0.3 is 12.0 Å². The number of anilines is 1. The molecule has 1 aliphatic heterocycles. The Balaban J connectivity index is 2.20. The van der Waals surface area contributed by atoms with Crippen LogP contribution in [0.15, 0.2) is 30.3 Å². The normalized spacial score (nSPS) is 21.9. The van der Waals surface area contributed by atoms with Gasteiger partial charge in [-0.1, -0.05) is 18.2 Å². The van der Waals surface area contributed by atoms with E-state index < -0.39 is 18.1 Å². The van der Waals surface area contributed by atoms with Crippen molar-refractivity contribution in [3.05, 3.63) is 30.3 Å². The third-order valence-electron chi connectivity index (χ3n) is 3.54. The van der Waals surface area contributed by atoms with Crippen molar-refractivity contribution in [2.24, 2.45) is 0 Å². The maximum absolute atomic E-state index is 12.6. The first-order valence-electron chi connectivity index (χ1n) is 6.95. The number of nitrogens with zero attached hydrogens (tertiary/aromatic N) is 2. The Hall–Kier alpha value is -2.08. The Morgan fingerprint density at radius 2 is 2.00 bits per heavy atom. The Morgan fingerprint density at radius 1 is 1.33 bits per heavy atom. The van der Waals surface area contributed by atoms with Crippen LogP contribution in [0.5, 0.6) is 0 Å². The lowest BCUT2D eigenvalue weighted by atomic mass is 9.95. The van der Waals surface area contributed by atoms with Gasteiger partial charge in [0.05, 0.1) is 12.1 Å². The van der Waals surface area contributed by atoms with E-state index in [0.717, 1.165) is 0 Å². The number of hydrogen-bond donors (Lipinski definition) is 2. The zero-order valence-electron chi connectivity index (χ0n) is 12.0. The number of benzene rings is 1. The van der Waals surface area contributed by atoms with E-state index in [1.54, 1.807) is 37.3 Å². The number of likely N-dealkylation sites (tertiary alicyclic amines) is 1. The molecule has 1 atom stereocenters. The lowest BCUT2D eigenvalue weighted by molar-refractivity contribution is -0.135. The average Bonchev–Trinajstić information content (AvgIpc) is 2.44. The van der Waals surface area contributed by atoms with Gasteiger partial charge in [0.2, 0.25) is 0 Å². The van der Waals surface area contributed by atoms with Crippen LogP contribution in [-0.2, 0) is 4.79 Å². The third kappa shape index (κ3) is 3.95. The molecule has 1 aromatic rings. The quantitative estimate of drug-likeness (QED) is 0.885. The van der Waals surface area contributed by atoms with E-state index >= 15 is 0 Å². The minimum Gasteiger partial charge on any atom is -0.480 e. The number of carbonyl (C=O) groups excluding carboxylic acids is 1. The molecule has 1 fully saturated rings. The van der Waals surface area contributed by atoms with Crippen LogP contribution in [0.3, 0.4) is 0 Å². The number of aliphatic hydroxyl groups is 1. The van der Waals surface area contributed by atoms with Gasteiger partial charge in [-0.15, -0.1) is 0 Å². The summed E-state index contributed by atoms with van der Waals surface area (Å²) in [6.45, 7) is 2.03. The van der Waals surface area contributed by atoms with Crippen molar-refractivity contribution in [2.75, 3.05) is 24.5 Å². The van der Waals surface area contributed by atoms with E-state index in [2.05, 4.69) is 0 Å². The molecule has 114 valence electrons. The van der Waals surface area contributed by atoms with Gasteiger partial charge in [0.15, 0.2) is 0 Å². The number of carboxylic acid groups (broad SMARTS) is 1. The molecule has 0 saturated carbocycles. The predicted molar refractivity (Wildman–Crippen MR) is 78.3 cm³/mol. The number of carbonyl (C=O) groups is 2. The molecular weight excluding hydrogens is 272 g/mol. The number of carboxylic acids is 1. The van der Waals surface area contributed by atoms with E-state index in [9.17, 15) is 14.7 Å². The van der Waals surface area contributed by atoms with Gasteiger partial charge in [-0.3, -0.25) is 9.69 Å². The molecule has 21 heavy (non-hydrogen) atoms. The summed E-state index contributed by atoms with van der Waals surface area (Å²) >= 11 is 0. The second-order valence-corrected chi connectivity index (χ2v) is 5.62. The van der Waals surface area contributed by atoms with Crippen molar-refractivity contribution < 1.29 is 19.8 Å². The van der Waals surface area contributed by atoms with Gasteiger partial charge in [0.1, 0.15) is 6.54 Å². The summed E-state index contributed by atoms with van der Waals surface area (Å²) in [6, 6.07) is 8.32. The Morgan fingerprint density at radius 3 is 2.57 bits per heavy atom. The van der Waals surface area contributed by atoms with Crippen LogP contribution >= 0.6 is 0 Å². The van der Waals surface area contributed by atoms with E-state index in [0.29, 0.717) is 25.1 Å². The van der Waals surface area contributed by atoms with E-state index in [1.807, 2.05) is 0 Å². The molecule has 1 aromatic carbocycles. The number of rotatable bonds is 3. The highest BCUT2D eigenvalue weighted by molar-refractivity contribution is 5.96. The molecule has 1 heterocycles. The molecular formula is C15H20N2O4. The van der Waals surface area contributed by atoms with Crippen LogP contribution in [0, 0.1) is 0 Å². The number of aliphatic carboxylic acids is 1.